The van der Waals surface area contributed by atoms with Gasteiger partial charge in [0.15, 0.2) is 0 Å². The molecule has 0 spiro atoms. The van der Waals surface area contributed by atoms with Gasteiger partial charge in [-0.05, 0) is 74.2 Å². The molecule has 0 aliphatic heterocycles. The van der Waals surface area contributed by atoms with Gasteiger partial charge in [0.1, 0.15) is 6.29 Å². The van der Waals surface area contributed by atoms with Crippen LogP contribution in [0.15, 0.2) is 59.9 Å². The van der Waals surface area contributed by atoms with Gasteiger partial charge in [-0.1, -0.05) is 84.1 Å². The Morgan fingerprint density at radius 2 is 1.37 bits per heavy atom. The Balaban J connectivity index is 4.56. The quantitative estimate of drug-likeness (QED) is 0.0647. The second-order valence-corrected chi connectivity index (χ2v) is 14.8. The summed E-state index contributed by atoms with van der Waals surface area (Å²) >= 11 is 0. The van der Waals surface area contributed by atoms with E-state index in [0.29, 0.717) is 28.6 Å². The number of aldehydes is 1. The lowest BCUT2D eigenvalue weighted by Gasteiger charge is -2.42. The monoisotopic (exact) mass is 430 g/mol. The minimum Gasteiger partial charge on any atom is -0.543 e. The fourth-order valence-corrected chi connectivity index (χ4v) is 9.47. The molecule has 0 bridgehead atoms. The molecule has 30 heavy (non-hydrogen) atoms. The molecular formula is C27H46O2Si. The number of hydrogen-bond acceptors (Lipinski definition) is 2. The van der Waals surface area contributed by atoms with Crippen LogP contribution in [0.1, 0.15) is 87.5 Å². The Labute approximate surface area is 188 Å². The summed E-state index contributed by atoms with van der Waals surface area (Å²) in [7, 11) is -1.91. The molecule has 0 fully saturated rings. The number of rotatable bonds is 15. The molecule has 0 saturated heterocycles. The normalized spacial score (nSPS) is 13.6. The van der Waals surface area contributed by atoms with E-state index in [9.17, 15) is 4.79 Å². The Morgan fingerprint density at radius 3 is 1.87 bits per heavy atom. The molecule has 0 amide bonds. The van der Waals surface area contributed by atoms with E-state index in [4.69, 9.17) is 4.43 Å². The molecule has 0 saturated carbocycles. The van der Waals surface area contributed by atoms with Crippen molar-refractivity contribution in [1.29, 1.82) is 0 Å². The van der Waals surface area contributed by atoms with E-state index in [1.165, 1.54) is 11.1 Å². The predicted molar refractivity (Wildman–Crippen MR) is 136 cm³/mol. The molecule has 0 radical (unpaired) electrons. The summed E-state index contributed by atoms with van der Waals surface area (Å²) < 4.78 is 6.58. The smallest absolute Gasteiger partial charge is 0.258 e. The molecule has 0 aliphatic carbocycles. The van der Waals surface area contributed by atoms with Gasteiger partial charge in [0, 0.05) is 0 Å². The first kappa shape index (κ1) is 28.4. The highest BCUT2D eigenvalue weighted by molar-refractivity contribution is 6.77. The maximum atomic E-state index is 10.6. The molecule has 0 atom stereocenters. The van der Waals surface area contributed by atoms with Crippen molar-refractivity contribution in [1.82, 2.24) is 0 Å². The number of carbonyl (C=O) groups is 1. The van der Waals surface area contributed by atoms with Gasteiger partial charge >= 0.3 is 0 Å². The highest BCUT2D eigenvalue weighted by Crippen LogP contribution is 2.43. The third-order valence-corrected chi connectivity index (χ3v) is 12.0. The zero-order valence-corrected chi connectivity index (χ0v) is 21.9. The molecule has 3 heteroatoms. The zero-order chi connectivity index (χ0) is 23.3. The first-order chi connectivity index (χ1) is 14.0. The van der Waals surface area contributed by atoms with Crippen molar-refractivity contribution in [2.75, 3.05) is 0 Å². The maximum Gasteiger partial charge on any atom is 0.258 e. The van der Waals surface area contributed by atoms with Crippen LogP contribution in [0.5, 0.6) is 0 Å². The molecule has 0 heterocycles. The number of hydrogen-bond donors (Lipinski definition) is 0. The molecule has 2 nitrogen and oxygen atoms in total. The molecular weight excluding hydrogens is 384 g/mol. The summed E-state index contributed by atoms with van der Waals surface area (Å²) in [6, 6.07) is 0. The maximum absolute atomic E-state index is 10.6. The van der Waals surface area contributed by atoms with Gasteiger partial charge in [-0.15, -0.1) is 0 Å². The van der Waals surface area contributed by atoms with Crippen LogP contribution in [0.2, 0.25) is 16.6 Å². The summed E-state index contributed by atoms with van der Waals surface area (Å²) in [5.41, 5.74) is 5.02. The second kappa shape index (κ2) is 14.4. The summed E-state index contributed by atoms with van der Waals surface area (Å²) in [6.07, 6.45) is 14.3. The van der Waals surface area contributed by atoms with Crippen molar-refractivity contribution in [2.24, 2.45) is 0 Å². The van der Waals surface area contributed by atoms with Gasteiger partial charge in [-0.25, -0.2) is 0 Å². The lowest BCUT2D eigenvalue weighted by Crippen LogP contribution is -2.47. The van der Waals surface area contributed by atoms with Crippen LogP contribution in [-0.4, -0.2) is 14.6 Å². The average molecular weight is 431 g/mol. The largest absolute Gasteiger partial charge is 0.543 e. The third-order valence-electron chi connectivity index (χ3n) is 5.93. The molecule has 0 N–H and O–H groups in total. The summed E-state index contributed by atoms with van der Waals surface area (Å²) in [6.45, 7) is 26.0. The SMILES string of the molecule is C=C(C=O)C/C=C(\C)CC/C=C(\C)CC/C=C/C(=C)O[Si](C(C)C)(C(C)C)C(C)C. The predicted octanol–water partition coefficient (Wildman–Crippen LogP) is 8.85. The Kier molecular flexibility index (Phi) is 13.6. The van der Waals surface area contributed by atoms with Gasteiger partial charge in [0.05, 0.1) is 5.76 Å². The molecule has 0 aromatic carbocycles. The average Bonchev–Trinajstić information content (AvgIpc) is 2.66. The standard InChI is InChI=1S/C27H46O2Si/c1-21(2)30(22(3)4,23(5)6)29-27(10)17-12-11-14-24(7)15-13-16-25(8)18-19-26(9)20-28/h12,15,17-18,20-23H,9-11,13-14,16,19H2,1-8H3/b17-12+,24-15+,25-18+. The third kappa shape index (κ3) is 9.93. The fourth-order valence-electron chi connectivity index (χ4n) is 4.24. The van der Waals surface area contributed by atoms with Crippen molar-refractivity contribution < 1.29 is 9.22 Å². The van der Waals surface area contributed by atoms with Crippen LogP contribution in [-0.2, 0) is 9.22 Å². The molecule has 0 aromatic heterocycles. The summed E-state index contributed by atoms with van der Waals surface area (Å²) in [5, 5.41) is 0. The van der Waals surface area contributed by atoms with E-state index in [1.807, 2.05) is 0 Å². The van der Waals surface area contributed by atoms with E-state index < -0.39 is 8.32 Å². The highest BCUT2D eigenvalue weighted by Gasteiger charge is 2.46. The lowest BCUT2D eigenvalue weighted by molar-refractivity contribution is -0.104. The van der Waals surface area contributed by atoms with E-state index in [1.54, 1.807) is 0 Å². The Morgan fingerprint density at radius 1 is 0.867 bits per heavy atom. The van der Waals surface area contributed by atoms with Crippen LogP contribution >= 0.6 is 0 Å². The van der Waals surface area contributed by atoms with Crippen LogP contribution < -0.4 is 0 Å². The van der Waals surface area contributed by atoms with Gasteiger partial charge in [0.2, 0.25) is 0 Å². The van der Waals surface area contributed by atoms with E-state index >= 15 is 0 Å². The van der Waals surface area contributed by atoms with Crippen molar-refractivity contribution in [3.05, 3.63) is 59.9 Å². The Bertz CT molecular complexity index is 626. The zero-order valence-electron chi connectivity index (χ0n) is 20.9. The van der Waals surface area contributed by atoms with Gasteiger partial charge in [0.25, 0.3) is 8.32 Å². The van der Waals surface area contributed by atoms with E-state index in [2.05, 4.69) is 92.9 Å². The minimum atomic E-state index is -1.91. The fraction of sp³-hybridized carbons (Fsp3) is 0.593. The van der Waals surface area contributed by atoms with E-state index in [-0.39, 0.29) is 0 Å². The van der Waals surface area contributed by atoms with Crippen LogP contribution in [0.25, 0.3) is 0 Å². The first-order valence-electron chi connectivity index (χ1n) is 11.5. The Hall–Kier alpha value is -1.61. The van der Waals surface area contributed by atoms with Gasteiger partial charge in [-0.2, -0.15) is 0 Å². The van der Waals surface area contributed by atoms with Crippen LogP contribution in [0.4, 0.5) is 0 Å². The van der Waals surface area contributed by atoms with Crippen LogP contribution in [0, 0.1) is 0 Å². The molecule has 0 aliphatic rings. The van der Waals surface area contributed by atoms with Gasteiger partial charge < -0.3 is 4.43 Å². The first-order valence-corrected chi connectivity index (χ1v) is 13.6. The van der Waals surface area contributed by atoms with Crippen molar-refractivity contribution >= 4 is 14.6 Å². The number of allylic oxidation sites excluding steroid dienone is 7. The molecule has 0 rings (SSSR count). The van der Waals surface area contributed by atoms with Crippen molar-refractivity contribution in [3.63, 3.8) is 0 Å². The summed E-state index contributed by atoms with van der Waals surface area (Å²) in [4.78, 5) is 10.6. The lowest BCUT2D eigenvalue weighted by atomic mass is 10.1. The minimum absolute atomic E-state index is 0.557. The highest BCUT2D eigenvalue weighted by atomic mass is 28.4. The van der Waals surface area contributed by atoms with Crippen molar-refractivity contribution in [3.8, 4) is 0 Å². The van der Waals surface area contributed by atoms with Crippen molar-refractivity contribution in [2.45, 2.75) is 104 Å². The second-order valence-electron chi connectivity index (χ2n) is 9.45. The topological polar surface area (TPSA) is 26.3 Å². The number of carbonyl (C=O) groups excluding carboxylic acids is 1. The van der Waals surface area contributed by atoms with Crippen LogP contribution in [0.3, 0.4) is 0 Å². The molecule has 0 aromatic rings. The summed E-state index contributed by atoms with van der Waals surface area (Å²) in [5.74, 6) is 0.817. The van der Waals surface area contributed by atoms with E-state index in [0.717, 1.165) is 37.7 Å². The molecule has 0 unspecified atom stereocenters. The molecule has 170 valence electrons. The van der Waals surface area contributed by atoms with Gasteiger partial charge in [-0.3, -0.25) is 4.79 Å².